The van der Waals surface area contributed by atoms with Crippen molar-refractivity contribution in [2.24, 2.45) is 11.8 Å². The number of fused-ring (bicyclic) bond motifs is 1. The Kier molecular flexibility index (Phi) is 11.8. The van der Waals surface area contributed by atoms with Crippen LogP contribution in [0, 0.1) is 35.8 Å². The number of hydrogen-bond donors (Lipinski definition) is 3. The number of nitrogens with zero attached hydrogens (tertiary/aromatic N) is 4. The molecule has 0 amide bonds. The Morgan fingerprint density at radius 3 is 2.73 bits per heavy atom. The van der Waals surface area contributed by atoms with Gasteiger partial charge in [-0.2, -0.15) is 19.9 Å². The van der Waals surface area contributed by atoms with Gasteiger partial charge in [0.1, 0.15) is 22.8 Å². The maximum absolute atomic E-state index is 16.9. The maximum atomic E-state index is 16.9. The lowest BCUT2D eigenvalue weighted by Crippen LogP contribution is -2.43. The Morgan fingerprint density at radius 1 is 1.16 bits per heavy atom. The average Bonchev–Trinajstić information content (AvgIpc) is 3.05. The monoisotopic (exact) mass is 697 g/mol. The summed E-state index contributed by atoms with van der Waals surface area (Å²) in [6, 6.07) is 5.85. The maximum Gasteiger partial charge on any atom is 0.319 e. The van der Waals surface area contributed by atoms with E-state index in [1.54, 1.807) is 12.1 Å². The number of likely N-dealkylation sites (tertiary alicyclic amines) is 1. The van der Waals surface area contributed by atoms with E-state index in [0.717, 1.165) is 32.2 Å². The number of aryl methyl sites for hydroxylation is 1. The second-order valence-corrected chi connectivity index (χ2v) is 12.9. The molecule has 0 aliphatic carbocycles. The molecule has 2 aromatic heterocycles. The molecule has 1 fully saturated rings. The summed E-state index contributed by atoms with van der Waals surface area (Å²) < 4.78 is 65.8. The van der Waals surface area contributed by atoms with Crippen LogP contribution in [0.4, 0.5) is 29.1 Å². The second-order valence-electron chi connectivity index (χ2n) is 12.9. The predicted molar refractivity (Wildman–Crippen MR) is 192 cm³/mol. The second kappa shape index (κ2) is 15.8. The number of aromatic nitrogens is 3. The zero-order valence-electron chi connectivity index (χ0n) is 28.0. The molecule has 2 aromatic carbocycles. The molecule has 49 heavy (non-hydrogen) atoms. The molecular formula is C36H44F4N7OP. The molecule has 6 rings (SSSR count). The minimum absolute atomic E-state index is 0. The van der Waals surface area contributed by atoms with Crippen LogP contribution in [0.15, 0.2) is 24.3 Å². The van der Waals surface area contributed by atoms with E-state index < -0.39 is 29.9 Å². The van der Waals surface area contributed by atoms with Gasteiger partial charge in [-0.05, 0) is 75.8 Å². The number of nitrogens with one attached hydrogen (secondary N) is 2. The first kappa shape index (κ1) is 36.5. The van der Waals surface area contributed by atoms with Crippen LogP contribution < -0.4 is 21.1 Å². The summed E-state index contributed by atoms with van der Waals surface area (Å²) in [6.07, 6.45) is 7.76. The molecule has 2 aliphatic heterocycles. The number of piperidine rings is 1. The van der Waals surface area contributed by atoms with Crippen molar-refractivity contribution in [1.29, 1.82) is 0 Å². The van der Waals surface area contributed by atoms with Crippen molar-refractivity contribution in [1.82, 2.24) is 25.2 Å². The van der Waals surface area contributed by atoms with Crippen LogP contribution in [0.1, 0.15) is 50.3 Å². The largest absolute Gasteiger partial charge is 0.463 e. The van der Waals surface area contributed by atoms with E-state index in [9.17, 15) is 13.2 Å². The Morgan fingerprint density at radius 2 is 1.98 bits per heavy atom. The number of unbranched alkanes of at least 4 members (excludes halogenated alkanes) is 1. The fraction of sp³-hybridized carbons (Fsp3) is 0.472. The lowest BCUT2D eigenvalue weighted by atomic mass is 9.86. The average molecular weight is 698 g/mol. The van der Waals surface area contributed by atoms with Crippen LogP contribution in [-0.2, 0) is 6.42 Å². The topological polar surface area (TPSA) is 101 Å². The highest BCUT2D eigenvalue weighted by atomic mass is 31.0. The molecular weight excluding hydrogens is 653 g/mol. The van der Waals surface area contributed by atoms with Gasteiger partial charge in [0.15, 0.2) is 5.82 Å². The van der Waals surface area contributed by atoms with Gasteiger partial charge < -0.3 is 26.0 Å². The summed E-state index contributed by atoms with van der Waals surface area (Å²) in [5.74, 6) is 0.0903. The molecule has 2 aliphatic rings. The van der Waals surface area contributed by atoms with Crippen LogP contribution in [-0.4, -0.2) is 72.2 Å². The van der Waals surface area contributed by atoms with Gasteiger partial charge in [-0.3, -0.25) is 0 Å². The van der Waals surface area contributed by atoms with Gasteiger partial charge >= 0.3 is 6.01 Å². The third kappa shape index (κ3) is 7.69. The quantitative estimate of drug-likeness (QED) is 0.0571. The molecule has 0 bridgehead atoms. The Labute approximate surface area is 287 Å². The van der Waals surface area contributed by atoms with Gasteiger partial charge in [-0.25, -0.2) is 22.5 Å². The van der Waals surface area contributed by atoms with Crippen LogP contribution >= 0.6 is 9.90 Å². The van der Waals surface area contributed by atoms with Crippen LogP contribution in [0.3, 0.4) is 0 Å². The predicted octanol–water partition coefficient (Wildman–Crippen LogP) is 6.46. The van der Waals surface area contributed by atoms with Crippen molar-refractivity contribution in [3.05, 3.63) is 47.2 Å². The number of rotatable bonds is 10. The van der Waals surface area contributed by atoms with Gasteiger partial charge in [0, 0.05) is 47.6 Å². The third-order valence-corrected chi connectivity index (χ3v) is 9.48. The molecule has 1 saturated heterocycles. The number of benzene rings is 2. The van der Waals surface area contributed by atoms with Crippen LogP contribution in [0.25, 0.3) is 32.9 Å². The highest BCUT2D eigenvalue weighted by Gasteiger charge is 2.35. The number of ether oxygens (including phenoxy) is 1. The van der Waals surface area contributed by atoms with Crippen molar-refractivity contribution in [2.75, 3.05) is 50.9 Å². The SMILES string of the molecule is C#Cc1c(F)ccc2cc(N)cc(-c3nc4c5c(nc(OCC6CN(C)CCC6C(F)F)nc5c3F)NC(CNCCCC)CCC4)c12.P. The summed E-state index contributed by atoms with van der Waals surface area (Å²) in [5.41, 5.74) is 7.24. The lowest BCUT2D eigenvalue weighted by Gasteiger charge is -2.35. The van der Waals surface area contributed by atoms with Gasteiger partial charge in [0.25, 0.3) is 0 Å². The molecule has 13 heteroatoms. The van der Waals surface area contributed by atoms with E-state index in [0.29, 0.717) is 65.8 Å². The van der Waals surface area contributed by atoms with E-state index in [2.05, 4.69) is 33.4 Å². The molecule has 4 atom stereocenters. The Bertz CT molecular complexity index is 1850. The van der Waals surface area contributed by atoms with Crippen molar-refractivity contribution in [3.63, 3.8) is 0 Å². The van der Waals surface area contributed by atoms with Crippen LogP contribution in [0.5, 0.6) is 6.01 Å². The zero-order valence-corrected chi connectivity index (χ0v) is 29.4. The normalized spacial score (nSPS) is 19.6. The highest BCUT2D eigenvalue weighted by molar-refractivity contribution is 6.92. The lowest BCUT2D eigenvalue weighted by molar-refractivity contribution is -0.0142. The fourth-order valence-corrected chi connectivity index (χ4v) is 6.98. The molecule has 0 saturated carbocycles. The Hall–Kier alpha value is -3.78. The number of anilines is 2. The van der Waals surface area contributed by atoms with Crippen molar-refractivity contribution in [2.45, 2.75) is 57.9 Å². The number of halogens is 4. The van der Waals surface area contributed by atoms with Crippen molar-refractivity contribution < 1.29 is 22.3 Å². The fourth-order valence-electron chi connectivity index (χ4n) is 6.98. The van der Waals surface area contributed by atoms with Crippen LogP contribution in [0.2, 0.25) is 0 Å². The van der Waals surface area contributed by atoms with Gasteiger partial charge in [0.05, 0.1) is 23.3 Å². The number of pyridine rings is 1. The summed E-state index contributed by atoms with van der Waals surface area (Å²) in [5, 5.41) is 8.24. The van der Waals surface area contributed by atoms with E-state index >= 15 is 4.39 Å². The number of nitrogens with two attached hydrogens (primary N) is 1. The molecule has 0 spiro atoms. The van der Waals surface area contributed by atoms with Gasteiger partial charge in [-0.1, -0.05) is 25.3 Å². The Balaban J connectivity index is 0.00000468. The molecule has 262 valence electrons. The number of terminal acetylenes is 1. The van der Waals surface area contributed by atoms with E-state index in [4.69, 9.17) is 21.9 Å². The molecule has 0 radical (unpaired) electrons. The van der Waals surface area contributed by atoms with E-state index in [1.165, 1.54) is 12.1 Å². The first-order chi connectivity index (χ1) is 23.2. The number of alkyl halides is 2. The van der Waals surface area contributed by atoms with Gasteiger partial charge in [-0.15, -0.1) is 6.42 Å². The van der Waals surface area contributed by atoms with E-state index in [-0.39, 0.29) is 50.9 Å². The minimum atomic E-state index is -2.49. The standard InChI is InChI=1S/C36H41F4N7O.H3P/c1-4-6-13-42-17-23-8-7-9-28-30-33(45-36(46-35(30)43-23)48-19-21-18-47(3)14-12-25(21)34(39)40)31(38)32(44-28)26-16-22(41)15-20-10-11-27(37)24(5-2)29(20)26;/h2,10-11,15-16,21,23,25,34,42H,4,6-9,12-14,17-19,41H2,1,3H3,(H,43,45,46);1H3. The zero-order chi connectivity index (χ0) is 33.9. The van der Waals surface area contributed by atoms with Crippen molar-refractivity contribution in [3.8, 4) is 29.6 Å². The molecule has 4 N–H and O–H groups in total. The number of hydrogen-bond acceptors (Lipinski definition) is 8. The highest BCUT2D eigenvalue weighted by Crippen LogP contribution is 2.40. The summed E-state index contributed by atoms with van der Waals surface area (Å²) in [7, 11) is 1.89. The summed E-state index contributed by atoms with van der Waals surface area (Å²) in [4.78, 5) is 16.0. The van der Waals surface area contributed by atoms with E-state index in [1.807, 2.05) is 11.9 Å². The summed E-state index contributed by atoms with van der Waals surface area (Å²) >= 11 is 0. The third-order valence-electron chi connectivity index (χ3n) is 9.48. The summed E-state index contributed by atoms with van der Waals surface area (Å²) in [6.45, 7) is 4.63. The van der Waals surface area contributed by atoms with Crippen molar-refractivity contribution >= 4 is 43.1 Å². The first-order valence-electron chi connectivity index (χ1n) is 16.6. The first-order valence-corrected chi connectivity index (χ1v) is 16.6. The molecule has 4 heterocycles. The molecule has 4 aromatic rings. The van der Waals surface area contributed by atoms with Gasteiger partial charge in [0.2, 0.25) is 6.43 Å². The number of nitrogen functional groups attached to an aromatic ring is 1. The molecule has 8 nitrogen and oxygen atoms in total. The minimum Gasteiger partial charge on any atom is -0.463 e. The smallest absolute Gasteiger partial charge is 0.319 e. The molecule has 4 unspecified atom stereocenters.